The fourth-order valence-corrected chi connectivity index (χ4v) is 5.35. The lowest BCUT2D eigenvalue weighted by Gasteiger charge is -2.56. The van der Waals surface area contributed by atoms with E-state index in [0.717, 1.165) is 16.8 Å². The Morgan fingerprint density at radius 2 is 1.77 bits per heavy atom. The molecule has 0 spiro atoms. The first-order chi connectivity index (χ1) is 16.8. The highest BCUT2D eigenvalue weighted by atomic mass is 32.1. The van der Waals surface area contributed by atoms with Gasteiger partial charge >= 0.3 is 0 Å². The van der Waals surface area contributed by atoms with Crippen molar-refractivity contribution in [3.8, 4) is 17.2 Å². The van der Waals surface area contributed by atoms with Gasteiger partial charge in [-0.3, -0.25) is 9.69 Å². The minimum Gasteiger partial charge on any atom is -0.497 e. The average molecular weight is 490 g/mol. The van der Waals surface area contributed by atoms with E-state index >= 15 is 0 Å². The summed E-state index contributed by atoms with van der Waals surface area (Å²) in [6.07, 6.45) is 0. The fourth-order valence-electron chi connectivity index (χ4n) is 4.94. The highest BCUT2D eigenvalue weighted by Gasteiger charge is 2.59. The van der Waals surface area contributed by atoms with Crippen molar-refractivity contribution in [3.05, 3.63) is 77.9 Å². The molecule has 0 aliphatic carbocycles. The van der Waals surface area contributed by atoms with Crippen molar-refractivity contribution < 1.29 is 19.0 Å². The van der Waals surface area contributed by atoms with Crippen molar-refractivity contribution in [2.24, 2.45) is 5.92 Å². The number of amides is 1. The van der Waals surface area contributed by atoms with Crippen LogP contribution in [0.1, 0.15) is 24.1 Å². The molecule has 35 heavy (non-hydrogen) atoms. The van der Waals surface area contributed by atoms with Gasteiger partial charge in [0.2, 0.25) is 5.91 Å². The quantitative estimate of drug-likeness (QED) is 0.498. The van der Waals surface area contributed by atoms with E-state index in [1.807, 2.05) is 85.5 Å². The largest absolute Gasteiger partial charge is 0.497 e. The smallest absolute Gasteiger partial charge is 0.236 e. The molecular weight excluding hydrogens is 462 g/mol. The van der Waals surface area contributed by atoms with E-state index < -0.39 is 17.7 Å². The molecule has 3 unspecified atom stereocenters. The fraction of sp³-hybridized carbons (Fsp3) is 0.259. The van der Waals surface area contributed by atoms with E-state index in [4.69, 9.17) is 26.4 Å². The number of rotatable bonds is 5. The summed E-state index contributed by atoms with van der Waals surface area (Å²) in [6, 6.07) is 20.4. The number of anilines is 2. The van der Waals surface area contributed by atoms with Crippen LogP contribution in [-0.2, 0) is 4.79 Å². The second-order valence-electron chi connectivity index (χ2n) is 8.86. The van der Waals surface area contributed by atoms with Gasteiger partial charge in [-0.15, -0.1) is 0 Å². The van der Waals surface area contributed by atoms with Crippen molar-refractivity contribution in [1.82, 2.24) is 5.32 Å². The number of methoxy groups -OCH3 is 2. The molecule has 1 amide bonds. The summed E-state index contributed by atoms with van der Waals surface area (Å²) in [4.78, 5) is 15.8. The summed E-state index contributed by atoms with van der Waals surface area (Å²) in [6.45, 7) is 3.94. The van der Waals surface area contributed by atoms with Gasteiger partial charge in [0, 0.05) is 16.9 Å². The number of carbonyl (C=O) groups excluding carboxylic acids is 1. The van der Waals surface area contributed by atoms with Crippen LogP contribution < -0.4 is 29.7 Å². The molecule has 180 valence electrons. The van der Waals surface area contributed by atoms with Crippen LogP contribution in [0, 0.1) is 12.8 Å². The lowest BCUT2D eigenvalue weighted by Crippen LogP contribution is -2.72. The lowest BCUT2D eigenvalue weighted by molar-refractivity contribution is -0.130. The van der Waals surface area contributed by atoms with Crippen molar-refractivity contribution in [2.45, 2.75) is 25.6 Å². The molecule has 5 rings (SSSR count). The Kier molecular flexibility index (Phi) is 5.76. The summed E-state index contributed by atoms with van der Waals surface area (Å²) >= 11 is 5.82. The first-order valence-electron chi connectivity index (χ1n) is 11.3. The van der Waals surface area contributed by atoms with Crippen molar-refractivity contribution in [1.29, 1.82) is 0 Å². The molecule has 0 aromatic heterocycles. The highest BCUT2D eigenvalue weighted by Crippen LogP contribution is 2.50. The maximum Gasteiger partial charge on any atom is 0.236 e. The van der Waals surface area contributed by atoms with Crippen LogP contribution in [0.4, 0.5) is 11.4 Å². The molecule has 2 heterocycles. The molecule has 3 atom stereocenters. The van der Waals surface area contributed by atoms with Gasteiger partial charge in [0.05, 0.1) is 20.3 Å². The Balaban J connectivity index is 1.60. The van der Waals surface area contributed by atoms with Gasteiger partial charge in [-0.05, 0) is 86.2 Å². The summed E-state index contributed by atoms with van der Waals surface area (Å²) < 4.78 is 17.3. The number of carbonyl (C=O) groups is 1. The van der Waals surface area contributed by atoms with Crippen LogP contribution in [0.5, 0.6) is 17.2 Å². The van der Waals surface area contributed by atoms with Gasteiger partial charge in [0.15, 0.2) is 10.8 Å². The number of hydrogen-bond acceptors (Lipinski definition) is 5. The van der Waals surface area contributed by atoms with Gasteiger partial charge in [0.25, 0.3) is 0 Å². The van der Waals surface area contributed by atoms with E-state index in [1.54, 1.807) is 14.2 Å². The Bertz CT molecular complexity index is 1300. The molecule has 3 aromatic carbocycles. The number of aryl methyl sites for hydroxylation is 1. The SMILES string of the molecule is COc1ccc(NC(=O)C2C3NC(=S)N(c4cccc(C)c4)C2(C)Oc2ccc(OC)cc23)cc1. The predicted molar refractivity (Wildman–Crippen MR) is 139 cm³/mol. The number of nitrogens with one attached hydrogen (secondary N) is 2. The summed E-state index contributed by atoms with van der Waals surface area (Å²) in [5.74, 6) is 1.24. The van der Waals surface area contributed by atoms with E-state index in [-0.39, 0.29) is 5.91 Å². The average Bonchev–Trinajstić information content (AvgIpc) is 2.83. The molecular formula is C27H27N3O4S. The van der Waals surface area contributed by atoms with Gasteiger partial charge in [0.1, 0.15) is 23.2 Å². The van der Waals surface area contributed by atoms with Crippen LogP contribution in [-0.4, -0.2) is 31.0 Å². The third kappa shape index (κ3) is 3.93. The number of nitrogens with zero attached hydrogens (tertiary/aromatic N) is 1. The molecule has 1 saturated heterocycles. The van der Waals surface area contributed by atoms with Crippen molar-refractivity contribution in [3.63, 3.8) is 0 Å². The topological polar surface area (TPSA) is 72.1 Å². The molecule has 3 aromatic rings. The van der Waals surface area contributed by atoms with E-state index in [9.17, 15) is 4.79 Å². The standard InChI is InChI=1S/C27H27N3O4S/c1-16-6-5-7-18(14-16)30-26(35)29-24-21-15-20(33-4)12-13-22(21)34-27(30,2)23(24)25(31)28-17-8-10-19(32-3)11-9-17/h5-15,23-24H,1-4H3,(H,28,31)(H,29,35). The van der Waals surface area contributed by atoms with E-state index in [1.165, 1.54) is 0 Å². The molecule has 8 heteroatoms. The first-order valence-corrected chi connectivity index (χ1v) is 11.7. The number of benzene rings is 3. The molecule has 7 nitrogen and oxygen atoms in total. The maximum atomic E-state index is 13.9. The minimum atomic E-state index is -1.08. The van der Waals surface area contributed by atoms with Gasteiger partial charge in [-0.1, -0.05) is 12.1 Å². The maximum absolute atomic E-state index is 13.9. The van der Waals surface area contributed by atoms with Crippen LogP contribution in [0.2, 0.25) is 0 Å². The number of fused-ring (bicyclic) bond motifs is 4. The Morgan fingerprint density at radius 3 is 2.46 bits per heavy atom. The molecule has 2 N–H and O–H groups in total. The van der Waals surface area contributed by atoms with Gasteiger partial charge in [-0.25, -0.2) is 0 Å². The van der Waals surface area contributed by atoms with Gasteiger partial charge < -0.3 is 24.8 Å². The highest BCUT2D eigenvalue weighted by molar-refractivity contribution is 7.80. The van der Waals surface area contributed by atoms with Crippen molar-refractivity contribution in [2.75, 3.05) is 24.4 Å². The molecule has 1 fully saturated rings. The van der Waals surface area contributed by atoms with Crippen LogP contribution in [0.3, 0.4) is 0 Å². The Hall–Kier alpha value is -3.78. The minimum absolute atomic E-state index is 0.191. The zero-order valence-corrected chi connectivity index (χ0v) is 20.8. The second kappa shape index (κ2) is 8.78. The summed E-state index contributed by atoms with van der Waals surface area (Å²) in [5.41, 5.74) is 2.33. The monoisotopic (exact) mass is 489 g/mol. The summed E-state index contributed by atoms with van der Waals surface area (Å²) in [7, 11) is 3.22. The Labute approximate surface area is 210 Å². The van der Waals surface area contributed by atoms with Crippen molar-refractivity contribution >= 4 is 34.6 Å². The first kappa shape index (κ1) is 23.0. The van der Waals surface area contributed by atoms with E-state index in [2.05, 4.69) is 10.6 Å². The van der Waals surface area contributed by atoms with Gasteiger partial charge in [-0.2, -0.15) is 0 Å². The van der Waals surface area contributed by atoms with Crippen LogP contribution in [0.25, 0.3) is 0 Å². The lowest BCUT2D eigenvalue weighted by atomic mass is 9.78. The number of hydrogen-bond donors (Lipinski definition) is 2. The molecule has 2 aliphatic rings. The zero-order valence-electron chi connectivity index (χ0n) is 20.0. The van der Waals surface area contributed by atoms with Crippen LogP contribution in [0.15, 0.2) is 66.7 Å². The zero-order chi connectivity index (χ0) is 24.7. The molecule has 0 saturated carbocycles. The number of ether oxygens (including phenoxy) is 3. The predicted octanol–water partition coefficient (Wildman–Crippen LogP) is 4.81. The second-order valence-corrected chi connectivity index (χ2v) is 9.24. The third-order valence-electron chi connectivity index (χ3n) is 6.60. The third-order valence-corrected chi connectivity index (χ3v) is 6.91. The van der Waals surface area contributed by atoms with E-state index in [0.29, 0.717) is 28.0 Å². The summed E-state index contributed by atoms with van der Waals surface area (Å²) in [5, 5.41) is 6.97. The Morgan fingerprint density at radius 1 is 1.06 bits per heavy atom. The molecule has 2 aliphatic heterocycles. The molecule has 2 bridgehead atoms. The normalized spacial score (nSPS) is 22.4. The van der Waals surface area contributed by atoms with Crippen LogP contribution >= 0.6 is 12.2 Å². The molecule has 0 radical (unpaired) electrons. The number of thiocarbonyl (C=S) groups is 1.